The van der Waals surface area contributed by atoms with Gasteiger partial charge in [-0.15, -0.1) is 11.3 Å². The van der Waals surface area contributed by atoms with Crippen LogP contribution in [-0.2, 0) is 0 Å². The first kappa shape index (κ1) is 6.61. The number of phenols is 1. The second kappa shape index (κ2) is 2.20. The van der Waals surface area contributed by atoms with Crippen LogP contribution in [0.4, 0.5) is 0 Å². The fourth-order valence-corrected chi connectivity index (χ4v) is 1.85. The van der Waals surface area contributed by atoms with Crippen LogP contribution in [0.3, 0.4) is 0 Å². The number of benzene rings is 1. The second-order valence-corrected chi connectivity index (χ2v) is 3.29. The molecule has 2 rings (SSSR count). The zero-order valence-electron chi connectivity index (χ0n) is 6.03. The van der Waals surface area contributed by atoms with Crippen LogP contribution in [0.25, 0.3) is 10.2 Å². The lowest BCUT2D eigenvalue weighted by Crippen LogP contribution is -1.73. The van der Waals surface area contributed by atoms with Crippen molar-refractivity contribution >= 4 is 21.6 Å². The van der Waals surface area contributed by atoms with Gasteiger partial charge in [-0.1, -0.05) is 6.07 Å². The molecule has 0 saturated carbocycles. The molecule has 0 aliphatic rings. The Bertz CT molecular complexity index is 358. The van der Waals surface area contributed by atoms with Crippen LogP contribution < -0.4 is 0 Å². The van der Waals surface area contributed by atoms with Crippen molar-refractivity contribution in [2.45, 2.75) is 6.92 Å². The summed E-state index contributed by atoms with van der Waals surface area (Å²) in [6, 6.07) is 3.58. The van der Waals surface area contributed by atoms with Gasteiger partial charge < -0.3 is 5.11 Å². The lowest BCUT2D eigenvalue weighted by atomic mass is 10.2. The van der Waals surface area contributed by atoms with Gasteiger partial charge in [0, 0.05) is 0 Å². The van der Waals surface area contributed by atoms with Gasteiger partial charge in [0.05, 0.1) is 10.2 Å². The van der Waals surface area contributed by atoms with E-state index in [1.165, 1.54) is 5.56 Å². The zero-order chi connectivity index (χ0) is 7.84. The van der Waals surface area contributed by atoms with Crippen molar-refractivity contribution in [2.24, 2.45) is 0 Å². The number of aromatic nitrogens is 1. The van der Waals surface area contributed by atoms with Crippen molar-refractivity contribution in [2.75, 3.05) is 0 Å². The molecule has 11 heavy (non-hydrogen) atoms. The number of aromatic hydroxyl groups is 1. The van der Waals surface area contributed by atoms with Gasteiger partial charge in [0.25, 0.3) is 0 Å². The molecule has 0 atom stereocenters. The minimum atomic E-state index is 0.270. The molecule has 0 unspecified atom stereocenters. The van der Waals surface area contributed by atoms with Crippen molar-refractivity contribution in [1.29, 1.82) is 0 Å². The van der Waals surface area contributed by atoms with Crippen molar-refractivity contribution in [3.8, 4) is 5.75 Å². The molecule has 1 aromatic carbocycles. The van der Waals surface area contributed by atoms with Crippen LogP contribution in [0.2, 0.25) is 0 Å². The molecular formula is C8H7NOS. The monoisotopic (exact) mass is 165 g/mol. The fourth-order valence-electron chi connectivity index (χ4n) is 1.07. The van der Waals surface area contributed by atoms with E-state index >= 15 is 0 Å². The summed E-state index contributed by atoms with van der Waals surface area (Å²) >= 11 is 1.56. The summed E-state index contributed by atoms with van der Waals surface area (Å²) in [4.78, 5) is 4.05. The molecule has 0 aliphatic heterocycles. The predicted molar refractivity (Wildman–Crippen MR) is 46.0 cm³/mol. The molecule has 3 heteroatoms. The Hall–Kier alpha value is -1.09. The van der Waals surface area contributed by atoms with E-state index in [1.807, 2.05) is 13.0 Å². The Morgan fingerprint density at radius 1 is 1.45 bits per heavy atom. The van der Waals surface area contributed by atoms with Crippen LogP contribution in [0.1, 0.15) is 5.56 Å². The number of nitrogens with zero attached hydrogens (tertiary/aromatic N) is 1. The van der Waals surface area contributed by atoms with Gasteiger partial charge in [-0.25, -0.2) is 4.98 Å². The van der Waals surface area contributed by atoms with Gasteiger partial charge in [0.2, 0.25) is 0 Å². The van der Waals surface area contributed by atoms with Gasteiger partial charge in [-0.2, -0.15) is 0 Å². The minimum Gasteiger partial charge on any atom is -0.506 e. The van der Waals surface area contributed by atoms with E-state index in [0.29, 0.717) is 0 Å². The van der Waals surface area contributed by atoms with Gasteiger partial charge in [-0.05, 0) is 18.6 Å². The molecule has 0 fully saturated rings. The van der Waals surface area contributed by atoms with Crippen LogP contribution in [-0.4, -0.2) is 10.1 Å². The number of phenolic OH excluding ortho intramolecular Hbond substituents is 1. The van der Waals surface area contributed by atoms with E-state index in [0.717, 1.165) is 10.2 Å². The van der Waals surface area contributed by atoms with Crippen LogP contribution in [0.5, 0.6) is 5.75 Å². The zero-order valence-corrected chi connectivity index (χ0v) is 6.85. The molecule has 0 saturated heterocycles. The number of hydrogen-bond donors (Lipinski definition) is 1. The van der Waals surface area contributed by atoms with E-state index < -0.39 is 0 Å². The molecule has 0 bridgehead atoms. The van der Waals surface area contributed by atoms with Crippen molar-refractivity contribution in [1.82, 2.24) is 4.98 Å². The summed E-state index contributed by atoms with van der Waals surface area (Å²) < 4.78 is 1.07. The fraction of sp³-hybridized carbons (Fsp3) is 0.125. The SMILES string of the molecule is Cc1ccc(O)c2ncsc12. The number of aryl methyl sites for hydroxylation is 1. The van der Waals surface area contributed by atoms with E-state index in [1.54, 1.807) is 22.9 Å². The van der Waals surface area contributed by atoms with Gasteiger partial charge in [0.15, 0.2) is 0 Å². The van der Waals surface area contributed by atoms with Gasteiger partial charge in [-0.3, -0.25) is 0 Å². The maximum atomic E-state index is 9.33. The molecule has 1 aromatic heterocycles. The average molecular weight is 165 g/mol. The summed E-state index contributed by atoms with van der Waals surface area (Å²) in [5.41, 5.74) is 3.63. The van der Waals surface area contributed by atoms with E-state index in [-0.39, 0.29) is 5.75 Å². The third kappa shape index (κ3) is 0.886. The van der Waals surface area contributed by atoms with Gasteiger partial charge in [0.1, 0.15) is 11.3 Å². The number of fused-ring (bicyclic) bond motifs is 1. The summed E-state index contributed by atoms with van der Waals surface area (Å²) in [7, 11) is 0. The molecule has 0 amide bonds. The van der Waals surface area contributed by atoms with Crippen molar-refractivity contribution in [3.63, 3.8) is 0 Å². The second-order valence-electron chi connectivity index (χ2n) is 2.43. The molecule has 2 aromatic rings. The first-order chi connectivity index (χ1) is 5.29. The highest BCUT2D eigenvalue weighted by atomic mass is 32.1. The smallest absolute Gasteiger partial charge is 0.142 e. The molecule has 2 nitrogen and oxygen atoms in total. The molecule has 1 heterocycles. The van der Waals surface area contributed by atoms with Crippen LogP contribution in [0, 0.1) is 6.92 Å². The molecule has 1 N–H and O–H groups in total. The first-order valence-electron chi connectivity index (χ1n) is 3.31. The van der Waals surface area contributed by atoms with E-state index in [2.05, 4.69) is 4.98 Å². The Labute approximate surface area is 68.1 Å². The summed E-state index contributed by atoms with van der Waals surface area (Å²) in [5.74, 6) is 0.270. The normalized spacial score (nSPS) is 10.6. The molecule has 0 spiro atoms. The van der Waals surface area contributed by atoms with Crippen molar-refractivity contribution in [3.05, 3.63) is 23.2 Å². The number of thiazole rings is 1. The Morgan fingerprint density at radius 3 is 3.00 bits per heavy atom. The first-order valence-corrected chi connectivity index (χ1v) is 4.19. The third-order valence-corrected chi connectivity index (χ3v) is 2.62. The Morgan fingerprint density at radius 2 is 2.27 bits per heavy atom. The maximum Gasteiger partial charge on any atom is 0.142 e. The predicted octanol–water partition coefficient (Wildman–Crippen LogP) is 2.31. The van der Waals surface area contributed by atoms with Crippen molar-refractivity contribution < 1.29 is 5.11 Å². The number of rotatable bonds is 0. The van der Waals surface area contributed by atoms with Crippen LogP contribution in [0.15, 0.2) is 17.6 Å². The largest absolute Gasteiger partial charge is 0.506 e. The highest BCUT2D eigenvalue weighted by Gasteiger charge is 2.03. The van der Waals surface area contributed by atoms with E-state index in [9.17, 15) is 5.11 Å². The summed E-state index contributed by atoms with van der Waals surface area (Å²) in [5, 5.41) is 9.33. The third-order valence-electron chi connectivity index (χ3n) is 1.66. The van der Waals surface area contributed by atoms with Crippen LogP contribution >= 0.6 is 11.3 Å². The highest BCUT2D eigenvalue weighted by Crippen LogP contribution is 2.28. The lowest BCUT2D eigenvalue weighted by Gasteiger charge is -1.95. The molecular weight excluding hydrogens is 158 g/mol. The van der Waals surface area contributed by atoms with Gasteiger partial charge >= 0.3 is 0 Å². The van der Waals surface area contributed by atoms with E-state index in [4.69, 9.17) is 0 Å². The highest BCUT2D eigenvalue weighted by molar-refractivity contribution is 7.17. The molecule has 0 radical (unpaired) electrons. The maximum absolute atomic E-state index is 9.33. The topological polar surface area (TPSA) is 33.1 Å². The Balaban J connectivity index is 2.96. The molecule has 56 valence electrons. The Kier molecular flexibility index (Phi) is 1.32. The summed E-state index contributed by atoms with van der Waals surface area (Å²) in [6.45, 7) is 2.01. The average Bonchev–Trinajstić information content (AvgIpc) is 2.45. The number of hydrogen-bond acceptors (Lipinski definition) is 3. The molecule has 0 aliphatic carbocycles. The summed E-state index contributed by atoms with van der Waals surface area (Å²) in [6.07, 6.45) is 0. The standard InChI is InChI=1S/C8H7NOS/c1-5-2-3-6(10)7-8(5)11-4-9-7/h2-4,10H,1H3. The lowest BCUT2D eigenvalue weighted by molar-refractivity contribution is 0.480. The minimum absolute atomic E-state index is 0.270. The quantitative estimate of drug-likeness (QED) is 0.649.